The van der Waals surface area contributed by atoms with E-state index in [2.05, 4.69) is 30.4 Å². The van der Waals surface area contributed by atoms with Gasteiger partial charge in [0.1, 0.15) is 10.4 Å². The molecule has 10 heteroatoms. The van der Waals surface area contributed by atoms with Crippen molar-refractivity contribution in [2.45, 2.75) is 12.8 Å². The number of nitrogens with one attached hydrogen (secondary N) is 2. The van der Waals surface area contributed by atoms with Crippen LogP contribution in [0.25, 0.3) is 26.1 Å². The fourth-order valence-corrected chi connectivity index (χ4v) is 5.58. The average molecular weight is 480 g/mol. The molecule has 1 fully saturated rings. The zero-order valence-corrected chi connectivity index (χ0v) is 20.3. The Labute approximate surface area is 201 Å². The molecule has 4 heterocycles. The van der Waals surface area contributed by atoms with Gasteiger partial charge in [-0.15, -0.1) is 11.3 Å². The number of carbonyl (C=O) groups excluding carboxylic acids is 1. The standard InChI is InChI=1S/C24H29N7O2S/c1-29(2)13-9-26-24-27-15-16-20(32)19(22(33)25-10-14-30-11-5-6-12-30)23-31(21(16)28-24)17-7-3-4-8-18(17)34-23/h3-4,7-8,15H,5-6,9-14H2,1-2H3,(H,25,33)(H,26,27,28). The third-order valence-electron chi connectivity index (χ3n) is 6.16. The Kier molecular flexibility index (Phi) is 6.44. The normalized spacial score (nSPS) is 14.6. The van der Waals surface area contributed by atoms with Crippen LogP contribution in [-0.4, -0.2) is 83.4 Å². The van der Waals surface area contributed by atoms with Crippen molar-refractivity contribution >= 4 is 49.3 Å². The SMILES string of the molecule is CN(C)CCNc1ncc2c(=O)c(C(=O)NCCN3CCCC3)c3sc4ccccc4n3c2n1. The van der Waals surface area contributed by atoms with Gasteiger partial charge in [0.15, 0.2) is 5.65 Å². The number of benzene rings is 1. The van der Waals surface area contributed by atoms with Crippen LogP contribution in [0.15, 0.2) is 35.3 Å². The molecule has 1 aromatic carbocycles. The number of nitrogens with zero attached hydrogens (tertiary/aromatic N) is 5. The Bertz CT molecular complexity index is 1410. The van der Waals surface area contributed by atoms with E-state index in [-0.39, 0.29) is 16.9 Å². The molecule has 0 aliphatic carbocycles. The molecule has 178 valence electrons. The van der Waals surface area contributed by atoms with Gasteiger partial charge in [0, 0.05) is 32.4 Å². The molecule has 5 rings (SSSR count). The third kappa shape index (κ3) is 4.36. The molecule has 1 aliphatic rings. The third-order valence-corrected chi connectivity index (χ3v) is 7.31. The summed E-state index contributed by atoms with van der Waals surface area (Å²) < 4.78 is 2.91. The Morgan fingerprint density at radius 2 is 1.97 bits per heavy atom. The molecule has 34 heavy (non-hydrogen) atoms. The maximum Gasteiger partial charge on any atom is 0.258 e. The number of carbonyl (C=O) groups is 1. The molecule has 9 nitrogen and oxygen atoms in total. The van der Waals surface area contributed by atoms with Gasteiger partial charge in [-0.25, -0.2) is 4.98 Å². The Hall–Kier alpha value is -3.08. The maximum atomic E-state index is 13.5. The van der Waals surface area contributed by atoms with Gasteiger partial charge >= 0.3 is 0 Å². The first-order chi connectivity index (χ1) is 16.5. The van der Waals surface area contributed by atoms with Crippen LogP contribution in [0, 0.1) is 0 Å². The number of hydrogen-bond acceptors (Lipinski definition) is 8. The predicted octanol–water partition coefficient (Wildman–Crippen LogP) is 2.26. The Balaban J connectivity index is 1.57. The number of likely N-dealkylation sites (tertiary alicyclic amines) is 1. The van der Waals surface area contributed by atoms with Crippen LogP contribution < -0.4 is 16.1 Å². The van der Waals surface area contributed by atoms with Crippen LogP contribution in [0.4, 0.5) is 5.95 Å². The molecule has 0 atom stereocenters. The number of thiazole rings is 1. The van der Waals surface area contributed by atoms with Crippen molar-refractivity contribution < 1.29 is 4.79 Å². The summed E-state index contributed by atoms with van der Waals surface area (Å²) >= 11 is 1.44. The number of anilines is 1. The van der Waals surface area contributed by atoms with Gasteiger partial charge < -0.3 is 20.4 Å². The van der Waals surface area contributed by atoms with E-state index >= 15 is 0 Å². The van der Waals surface area contributed by atoms with Crippen molar-refractivity contribution in [1.29, 1.82) is 0 Å². The zero-order valence-electron chi connectivity index (χ0n) is 19.5. The van der Waals surface area contributed by atoms with Gasteiger partial charge in [-0.05, 0) is 52.2 Å². The first kappa shape index (κ1) is 22.7. The van der Waals surface area contributed by atoms with Gasteiger partial charge in [0.2, 0.25) is 11.4 Å². The molecule has 0 saturated carbocycles. The lowest BCUT2D eigenvalue weighted by atomic mass is 10.2. The summed E-state index contributed by atoms with van der Waals surface area (Å²) in [4.78, 5) is 40.8. The zero-order chi connectivity index (χ0) is 23.7. The monoisotopic (exact) mass is 479 g/mol. The minimum atomic E-state index is -0.344. The predicted molar refractivity (Wildman–Crippen MR) is 137 cm³/mol. The second-order valence-electron chi connectivity index (χ2n) is 8.88. The van der Waals surface area contributed by atoms with Crippen LogP contribution in [0.2, 0.25) is 0 Å². The number of fused-ring (bicyclic) bond motifs is 5. The Morgan fingerprint density at radius 1 is 1.18 bits per heavy atom. The van der Waals surface area contributed by atoms with Crippen molar-refractivity contribution in [2.75, 3.05) is 58.7 Å². The van der Waals surface area contributed by atoms with Crippen LogP contribution in [0.5, 0.6) is 0 Å². The van der Waals surface area contributed by atoms with Gasteiger partial charge in [-0.1, -0.05) is 12.1 Å². The van der Waals surface area contributed by atoms with Crippen molar-refractivity contribution in [3.05, 3.63) is 46.2 Å². The molecule has 1 saturated heterocycles. The molecule has 0 radical (unpaired) electrons. The molecule has 3 aromatic heterocycles. The van der Waals surface area contributed by atoms with Gasteiger partial charge in [-0.3, -0.25) is 14.0 Å². The molecule has 4 aromatic rings. The quantitative estimate of drug-likeness (QED) is 0.400. The van der Waals surface area contributed by atoms with Crippen LogP contribution in [0.3, 0.4) is 0 Å². The van der Waals surface area contributed by atoms with Gasteiger partial charge in [-0.2, -0.15) is 4.98 Å². The van der Waals surface area contributed by atoms with E-state index < -0.39 is 0 Å². The summed E-state index contributed by atoms with van der Waals surface area (Å²) in [5, 5.41) is 6.53. The molecule has 0 unspecified atom stereocenters. The maximum absolute atomic E-state index is 13.5. The van der Waals surface area contributed by atoms with Gasteiger partial charge in [0.05, 0.1) is 15.6 Å². The van der Waals surface area contributed by atoms with E-state index in [1.54, 1.807) is 0 Å². The second kappa shape index (κ2) is 9.65. The van der Waals surface area contributed by atoms with E-state index in [0.29, 0.717) is 34.9 Å². The molecular formula is C24H29N7O2S. The summed E-state index contributed by atoms with van der Waals surface area (Å²) in [6, 6.07) is 7.89. The van der Waals surface area contributed by atoms with Crippen LogP contribution in [-0.2, 0) is 0 Å². The summed E-state index contributed by atoms with van der Waals surface area (Å²) in [5.41, 5.74) is 1.25. The lowest BCUT2D eigenvalue weighted by molar-refractivity contribution is 0.0950. The van der Waals surface area contributed by atoms with Crippen molar-refractivity contribution in [3.63, 3.8) is 0 Å². The molecule has 0 spiro atoms. The highest BCUT2D eigenvalue weighted by Crippen LogP contribution is 2.30. The summed E-state index contributed by atoms with van der Waals surface area (Å²) in [7, 11) is 4.00. The largest absolute Gasteiger partial charge is 0.353 e. The van der Waals surface area contributed by atoms with Crippen molar-refractivity contribution in [2.24, 2.45) is 0 Å². The lowest BCUT2D eigenvalue weighted by Crippen LogP contribution is -2.35. The minimum absolute atomic E-state index is 0.159. The topological polar surface area (TPSA) is 94.9 Å². The minimum Gasteiger partial charge on any atom is -0.353 e. The first-order valence-electron chi connectivity index (χ1n) is 11.6. The van der Waals surface area contributed by atoms with Crippen LogP contribution >= 0.6 is 11.3 Å². The Morgan fingerprint density at radius 3 is 2.76 bits per heavy atom. The van der Waals surface area contributed by atoms with E-state index in [4.69, 9.17) is 0 Å². The number of hydrogen-bond donors (Lipinski definition) is 2. The molecule has 0 bridgehead atoms. The molecule has 2 N–H and O–H groups in total. The highest BCUT2D eigenvalue weighted by atomic mass is 32.1. The summed E-state index contributed by atoms with van der Waals surface area (Å²) in [6.45, 7) is 4.95. The fraction of sp³-hybridized carbons (Fsp3) is 0.417. The second-order valence-corrected chi connectivity index (χ2v) is 9.91. The smallest absolute Gasteiger partial charge is 0.258 e. The van der Waals surface area contributed by atoms with E-state index in [9.17, 15) is 9.59 Å². The number of amides is 1. The molecule has 1 aliphatic heterocycles. The van der Waals surface area contributed by atoms with Crippen molar-refractivity contribution in [3.8, 4) is 0 Å². The lowest BCUT2D eigenvalue weighted by Gasteiger charge is -2.15. The van der Waals surface area contributed by atoms with E-state index in [0.717, 1.165) is 36.4 Å². The van der Waals surface area contributed by atoms with Crippen LogP contribution in [0.1, 0.15) is 23.2 Å². The number of likely N-dealkylation sites (N-methyl/N-ethyl adjacent to an activating group) is 1. The highest BCUT2D eigenvalue weighted by molar-refractivity contribution is 7.24. The summed E-state index contributed by atoms with van der Waals surface area (Å²) in [5.74, 6) is 0.115. The number of rotatable bonds is 8. The van der Waals surface area contributed by atoms with E-state index in [1.165, 1.54) is 30.4 Å². The number of aromatic nitrogens is 3. The van der Waals surface area contributed by atoms with E-state index in [1.807, 2.05) is 42.8 Å². The highest BCUT2D eigenvalue weighted by Gasteiger charge is 2.23. The number of para-hydroxylation sites is 1. The average Bonchev–Trinajstić information content (AvgIpc) is 3.46. The summed E-state index contributed by atoms with van der Waals surface area (Å²) in [6.07, 6.45) is 3.94. The van der Waals surface area contributed by atoms with Gasteiger partial charge in [0.25, 0.3) is 5.91 Å². The molecule has 1 amide bonds. The first-order valence-corrected chi connectivity index (χ1v) is 12.5. The molecular weight excluding hydrogens is 450 g/mol. The van der Waals surface area contributed by atoms with Crippen molar-refractivity contribution in [1.82, 2.24) is 29.5 Å². The number of pyridine rings is 1. The fourth-order valence-electron chi connectivity index (χ4n) is 4.39.